The number of carbonyl (C=O) groups is 2. The molecule has 4 rings (SSSR count). The number of non-ortho nitro benzene ring substituents is 1. The van der Waals surface area contributed by atoms with Crippen LogP contribution < -0.4 is 4.74 Å². The van der Waals surface area contributed by atoms with Gasteiger partial charge in [0.05, 0.1) is 22.6 Å². The Kier molecular flexibility index (Phi) is 8.37. The molecule has 15 nitrogen and oxygen atoms in total. The van der Waals surface area contributed by atoms with Gasteiger partial charge in [0.25, 0.3) is 5.69 Å². The third kappa shape index (κ3) is 6.26. The number of ether oxygens (including phenoxy) is 4. The molecule has 5 atom stereocenters. The summed E-state index contributed by atoms with van der Waals surface area (Å²) in [5.74, 6) is -5.36. The number of aromatic amines is 1. The van der Waals surface area contributed by atoms with Crippen LogP contribution in [0.1, 0.15) is 12.5 Å². The molecule has 1 fully saturated rings. The lowest BCUT2D eigenvalue weighted by molar-refractivity contribution is -0.434. The minimum absolute atomic E-state index is 0.00532. The van der Waals surface area contributed by atoms with Gasteiger partial charge in [0.15, 0.2) is 12.1 Å². The van der Waals surface area contributed by atoms with Crippen LogP contribution in [0, 0.1) is 10.1 Å². The molecule has 2 heterocycles. The third-order valence-corrected chi connectivity index (χ3v) is 6.03. The van der Waals surface area contributed by atoms with Gasteiger partial charge < -0.3 is 44.4 Å². The molecule has 0 amide bonds. The van der Waals surface area contributed by atoms with Crippen LogP contribution in [-0.4, -0.2) is 90.9 Å². The third-order valence-electron chi connectivity index (χ3n) is 6.03. The van der Waals surface area contributed by atoms with Gasteiger partial charge >= 0.3 is 24.1 Å². The fraction of sp³-hybridized carbons (Fsp3) is 0.375. The Morgan fingerprint density at radius 1 is 1.19 bits per heavy atom. The van der Waals surface area contributed by atoms with Crippen molar-refractivity contribution < 1.29 is 67.1 Å². The van der Waals surface area contributed by atoms with Crippen LogP contribution in [0.4, 0.5) is 18.9 Å². The van der Waals surface area contributed by atoms with Crippen molar-refractivity contribution in [3.8, 4) is 17.1 Å². The molecule has 226 valence electrons. The van der Waals surface area contributed by atoms with Gasteiger partial charge in [-0.25, -0.2) is 9.78 Å². The van der Waals surface area contributed by atoms with Gasteiger partial charge in [-0.3, -0.25) is 14.9 Å². The first kappa shape index (κ1) is 30.6. The minimum Gasteiger partial charge on any atom is -0.482 e. The number of aromatic nitrogens is 2. The van der Waals surface area contributed by atoms with Crippen molar-refractivity contribution in [2.24, 2.45) is 0 Å². The molecule has 18 heteroatoms. The number of nitro benzene ring substituents is 1. The number of aliphatic hydroxyl groups excluding tert-OH is 3. The van der Waals surface area contributed by atoms with Crippen molar-refractivity contribution in [3.05, 3.63) is 52.1 Å². The van der Waals surface area contributed by atoms with E-state index < -0.39 is 77.9 Å². The van der Waals surface area contributed by atoms with Gasteiger partial charge in [-0.2, -0.15) is 13.2 Å². The Labute approximate surface area is 232 Å². The quantitative estimate of drug-likeness (QED) is 0.104. The number of imidazole rings is 1. The second-order valence-electron chi connectivity index (χ2n) is 9.00. The standard InChI is InChI=1S/C24H22F3N3O12/c1-10(32)40-21-20(35)19(34)16(8-31)41-24(21,36)42-17(33)9-39-13-4-2-11(3-5-13)22-28-14-6-12(23(25,26)27)7-15(30(37)38)18(14)29-22/h2-7,16,19-21,31,34-36H,8-9H2,1H3,(H,28,29)/t16-,19+,20+,21-,24?/m1/s1. The Balaban J connectivity index is 1.47. The lowest BCUT2D eigenvalue weighted by atomic mass is 9.97. The van der Waals surface area contributed by atoms with E-state index in [9.17, 15) is 53.3 Å². The number of nitro groups is 1. The number of benzene rings is 2. The molecule has 2 aromatic carbocycles. The van der Waals surface area contributed by atoms with Crippen LogP contribution in [0.15, 0.2) is 36.4 Å². The van der Waals surface area contributed by atoms with Crippen LogP contribution in [0.5, 0.6) is 5.75 Å². The minimum atomic E-state index is -4.83. The number of esters is 2. The van der Waals surface area contributed by atoms with Crippen molar-refractivity contribution in [1.82, 2.24) is 9.97 Å². The fourth-order valence-corrected chi connectivity index (χ4v) is 4.10. The zero-order valence-electron chi connectivity index (χ0n) is 21.3. The monoisotopic (exact) mass is 601 g/mol. The smallest absolute Gasteiger partial charge is 0.416 e. The number of nitrogens with zero attached hydrogens (tertiary/aromatic N) is 2. The van der Waals surface area contributed by atoms with Gasteiger partial charge in [-0.1, -0.05) is 0 Å². The zero-order chi connectivity index (χ0) is 31.0. The summed E-state index contributed by atoms with van der Waals surface area (Å²) in [6, 6.07) is 6.49. The molecule has 0 aliphatic carbocycles. The van der Waals surface area contributed by atoms with Gasteiger partial charge in [0.1, 0.15) is 29.9 Å². The van der Waals surface area contributed by atoms with Crippen LogP contribution in [-0.2, 0) is 30.0 Å². The average Bonchev–Trinajstić information content (AvgIpc) is 3.35. The summed E-state index contributed by atoms with van der Waals surface area (Å²) < 4.78 is 59.3. The maximum atomic E-state index is 13.2. The molecule has 3 aromatic rings. The first-order valence-electron chi connectivity index (χ1n) is 11.9. The van der Waals surface area contributed by atoms with Gasteiger partial charge in [-0.15, -0.1) is 0 Å². The van der Waals surface area contributed by atoms with Crippen molar-refractivity contribution in [2.45, 2.75) is 43.5 Å². The average molecular weight is 601 g/mol. The second kappa shape index (κ2) is 11.5. The summed E-state index contributed by atoms with van der Waals surface area (Å²) >= 11 is 0. The van der Waals surface area contributed by atoms with Crippen LogP contribution >= 0.6 is 0 Å². The Bertz CT molecular complexity index is 1500. The second-order valence-corrected chi connectivity index (χ2v) is 9.00. The van der Waals surface area contributed by atoms with Crippen molar-refractivity contribution in [2.75, 3.05) is 13.2 Å². The van der Waals surface area contributed by atoms with E-state index in [4.69, 9.17) is 18.9 Å². The SMILES string of the molecule is CC(=O)O[C@@H]1[C@@H](O)[C@@H](O)[C@@H](CO)OC1(O)OC(=O)COc1ccc(-c2nc3c([N+](=O)[O-])cc(C(F)(F)F)cc3[nH]2)cc1. The van der Waals surface area contributed by atoms with E-state index in [1.807, 2.05) is 0 Å². The number of nitrogens with one attached hydrogen (secondary N) is 1. The molecule has 0 spiro atoms. The van der Waals surface area contributed by atoms with E-state index in [1.165, 1.54) is 24.3 Å². The predicted molar refractivity (Wildman–Crippen MR) is 129 cm³/mol. The van der Waals surface area contributed by atoms with Gasteiger partial charge in [0.2, 0.25) is 6.10 Å². The van der Waals surface area contributed by atoms with E-state index in [2.05, 4.69) is 9.97 Å². The molecule has 0 saturated carbocycles. The molecular weight excluding hydrogens is 579 g/mol. The molecule has 1 aromatic heterocycles. The summed E-state index contributed by atoms with van der Waals surface area (Å²) in [7, 11) is 0. The Morgan fingerprint density at radius 3 is 2.43 bits per heavy atom. The molecule has 1 aliphatic rings. The van der Waals surface area contributed by atoms with Crippen molar-refractivity contribution in [1.29, 1.82) is 0 Å². The highest BCUT2D eigenvalue weighted by Crippen LogP contribution is 2.37. The van der Waals surface area contributed by atoms with Crippen LogP contribution in [0.2, 0.25) is 0 Å². The number of alkyl halides is 3. The highest BCUT2D eigenvalue weighted by atomic mass is 19.4. The number of halogens is 3. The van der Waals surface area contributed by atoms with Crippen LogP contribution in [0.25, 0.3) is 22.4 Å². The van der Waals surface area contributed by atoms with E-state index in [0.29, 0.717) is 17.7 Å². The summed E-state index contributed by atoms with van der Waals surface area (Å²) in [5, 5.41) is 51.5. The molecule has 1 unspecified atom stereocenters. The van der Waals surface area contributed by atoms with Gasteiger partial charge in [-0.05, 0) is 30.3 Å². The molecule has 1 aliphatic heterocycles. The largest absolute Gasteiger partial charge is 0.482 e. The summed E-state index contributed by atoms with van der Waals surface area (Å²) in [6.07, 6.45) is -12.3. The van der Waals surface area contributed by atoms with E-state index in [0.717, 1.165) is 6.92 Å². The molecule has 0 bridgehead atoms. The topological polar surface area (TPSA) is 224 Å². The summed E-state index contributed by atoms with van der Waals surface area (Å²) in [4.78, 5) is 40.8. The van der Waals surface area contributed by atoms with E-state index in [1.54, 1.807) is 0 Å². The first-order chi connectivity index (χ1) is 19.6. The Hall–Kier alpha value is -4.36. The highest BCUT2D eigenvalue weighted by Gasteiger charge is 2.58. The lowest BCUT2D eigenvalue weighted by Gasteiger charge is -2.44. The summed E-state index contributed by atoms with van der Waals surface area (Å²) in [6.45, 7) is -0.855. The van der Waals surface area contributed by atoms with E-state index in [-0.39, 0.29) is 22.6 Å². The molecule has 1 saturated heterocycles. The zero-order valence-corrected chi connectivity index (χ0v) is 21.3. The maximum Gasteiger partial charge on any atom is 0.416 e. The summed E-state index contributed by atoms with van der Waals surface area (Å²) in [5.41, 5.74) is -2.28. The molecule has 5 N–H and O–H groups in total. The number of H-pyrrole nitrogens is 1. The van der Waals surface area contributed by atoms with Crippen molar-refractivity contribution >= 4 is 28.7 Å². The van der Waals surface area contributed by atoms with Crippen LogP contribution in [0.3, 0.4) is 0 Å². The normalized spacial score (nSPS) is 24.3. The number of fused-ring (bicyclic) bond motifs is 1. The number of hydrogen-bond donors (Lipinski definition) is 5. The Morgan fingerprint density at radius 2 is 1.86 bits per heavy atom. The first-order valence-corrected chi connectivity index (χ1v) is 11.9. The fourth-order valence-electron chi connectivity index (χ4n) is 4.10. The number of carbonyl (C=O) groups excluding carboxylic acids is 2. The lowest BCUT2D eigenvalue weighted by Crippen LogP contribution is -2.67. The van der Waals surface area contributed by atoms with Gasteiger partial charge in [0, 0.05) is 18.6 Å². The molecular formula is C24H22F3N3O12. The number of rotatable bonds is 8. The predicted octanol–water partition coefficient (Wildman–Crippen LogP) is 0.770. The molecule has 42 heavy (non-hydrogen) atoms. The van der Waals surface area contributed by atoms with E-state index >= 15 is 0 Å². The van der Waals surface area contributed by atoms with Crippen molar-refractivity contribution in [3.63, 3.8) is 0 Å². The number of aliphatic hydroxyl groups is 4. The molecule has 0 radical (unpaired) electrons. The maximum absolute atomic E-state index is 13.2. The highest BCUT2D eigenvalue weighted by molar-refractivity contribution is 5.88. The number of hydrogen-bond acceptors (Lipinski definition) is 13.